The summed E-state index contributed by atoms with van der Waals surface area (Å²) in [6.45, 7) is 6.31. The Morgan fingerprint density at radius 3 is 2.54 bits per heavy atom. The first-order valence-electron chi connectivity index (χ1n) is 3.98. The van der Waals surface area contributed by atoms with Crippen LogP contribution in [0.15, 0.2) is 6.07 Å². The molecule has 0 aliphatic rings. The highest BCUT2D eigenvalue weighted by Gasteiger charge is 2.18. The van der Waals surface area contributed by atoms with Gasteiger partial charge >= 0.3 is 6.41 Å². The number of anilines is 2. The Morgan fingerprint density at radius 2 is 2.15 bits per heavy atom. The van der Waals surface area contributed by atoms with Crippen LogP contribution in [-0.2, 0) is 10.2 Å². The molecule has 0 fully saturated rings. The minimum absolute atomic E-state index is 0.0710. The zero-order valence-corrected chi connectivity index (χ0v) is 8.79. The number of hydrogen-bond acceptors (Lipinski definition) is 3. The van der Waals surface area contributed by atoms with Crippen molar-refractivity contribution in [3.63, 3.8) is 0 Å². The molecular formula is C9H13N2OS. The summed E-state index contributed by atoms with van der Waals surface area (Å²) in [5.74, 6) is 0. The number of hydrogen-bond donors (Lipinski definition) is 2. The van der Waals surface area contributed by atoms with E-state index in [-0.39, 0.29) is 5.41 Å². The van der Waals surface area contributed by atoms with Gasteiger partial charge in [0.2, 0.25) is 0 Å². The third kappa shape index (κ3) is 2.21. The summed E-state index contributed by atoms with van der Waals surface area (Å²) in [5, 5.41) is 3.14. The van der Waals surface area contributed by atoms with Crippen LogP contribution in [0.3, 0.4) is 0 Å². The van der Waals surface area contributed by atoms with Gasteiger partial charge < -0.3 is 11.1 Å². The fraction of sp³-hybridized carbons (Fsp3) is 0.444. The van der Waals surface area contributed by atoms with Crippen molar-refractivity contribution in [2.45, 2.75) is 26.2 Å². The third-order valence-electron chi connectivity index (χ3n) is 1.66. The Labute approximate surface area is 81.9 Å². The minimum Gasteiger partial charge on any atom is -0.396 e. The Kier molecular flexibility index (Phi) is 2.61. The molecule has 0 aliphatic carbocycles. The van der Waals surface area contributed by atoms with E-state index in [4.69, 9.17) is 5.73 Å². The fourth-order valence-electron chi connectivity index (χ4n) is 0.919. The predicted molar refractivity (Wildman–Crippen MR) is 56.7 cm³/mol. The van der Waals surface area contributed by atoms with E-state index in [1.165, 1.54) is 11.3 Å². The quantitative estimate of drug-likeness (QED) is 0.713. The van der Waals surface area contributed by atoms with Crippen molar-refractivity contribution in [1.29, 1.82) is 0 Å². The SMILES string of the molecule is CC(C)(C)c1cc(N)c(N[C]=O)s1. The molecular weight excluding hydrogens is 184 g/mol. The lowest BCUT2D eigenvalue weighted by Crippen LogP contribution is -2.07. The fourth-order valence-corrected chi connectivity index (χ4v) is 1.90. The van der Waals surface area contributed by atoms with Crippen molar-refractivity contribution >= 4 is 28.4 Å². The topological polar surface area (TPSA) is 55.1 Å². The van der Waals surface area contributed by atoms with Crippen LogP contribution in [-0.4, -0.2) is 6.41 Å². The molecule has 1 amide bonds. The molecule has 0 atom stereocenters. The second-order valence-corrected chi connectivity index (χ2v) is 4.92. The van der Waals surface area contributed by atoms with Crippen LogP contribution in [0, 0.1) is 0 Å². The van der Waals surface area contributed by atoms with Crippen LogP contribution in [0.2, 0.25) is 0 Å². The Morgan fingerprint density at radius 1 is 1.54 bits per heavy atom. The molecule has 1 aromatic rings. The molecule has 71 valence electrons. The first-order chi connectivity index (χ1) is 5.95. The van der Waals surface area contributed by atoms with Gasteiger partial charge in [-0.05, 0) is 11.5 Å². The molecule has 0 unspecified atom stereocenters. The Bertz CT molecular complexity index is 312. The largest absolute Gasteiger partial charge is 0.396 e. The van der Waals surface area contributed by atoms with Crippen molar-refractivity contribution in [1.82, 2.24) is 0 Å². The van der Waals surface area contributed by atoms with Crippen molar-refractivity contribution in [2.24, 2.45) is 0 Å². The van der Waals surface area contributed by atoms with Gasteiger partial charge in [0.05, 0.1) is 5.69 Å². The van der Waals surface area contributed by atoms with Gasteiger partial charge in [0.15, 0.2) is 0 Å². The molecule has 0 bridgehead atoms. The highest BCUT2D eigenvalue weighted by Crippen LogP contribution is 2.37. The van der Waals surface area contributed by atoms with E-state index in [2.05, 4.69) is 26.1 Å². The molecule has 0 saturated heterocycles. The predicted octanol–water partition coefficient (Wildman–Crippen LogP) is 2.11. The van der Waals surface area contributed by atoms with Crippen LogP contribution in [0.4, 0.5) is 10.7 Å². The maximum absolute atomic E-state index is 10.1. The van der Waals surface area contributed by atoms with Crippen LogP contribution in [0.5, 0.6) is 0 Å². The van der Waals surface area contributed by atoms with E-state index in [0.29, 0.717) is 10.7 Å². The summed E-state index contributed by atoms with van der Waals surface area (Å²) in [6.07, 6.45) is 1.62. The van der Waals surface area contributed by atoms with E-state index < -0.39 is 0 Å². The molecule has 1 rings (SSSR count). The monoisotopic (exact) mass is 197 g/mol. The summed E-state index contributed by atoms with van der Waals surface area (Å²) in [6, 6.07) is 1.89. The van der Waals surface area contributed by atoms with Gasteiger partial charge in [-0.1, -0.05) is 20.8 Å². The second kappa shape index (κ2) is 3.38. The van der Waals surface area contributed by atoms with E-state index >= 15 is 0 Å². The van der Waals surface area contributed by atoms with Crippen LogP contribution < -0.4 is 11.1 Å². The maximum atomic E-state index is 10.1. The molecule has 0 saturated carbocycles. The summed E-state index contributed by atoms with van der Waals surface area (Å²) in [4.78, 5) is 11.3. The number of thiophene rings is 1. The molecule has 3 N–H and O–H groups in total. The first-order valence-corrected chi connectivity index (χ1v) is 4.79. The first kappa shape index (κ1) is 10.1. The summed E-state index contributed by atoms with van der Waals surface area (Å²) < 4.78 is 0. The summed E-state index contributed by atoms with van der Waals surface area (Å²) in [7, 11) is 0. The lowest BCUT2D eigenvalue weighted by atomic mass is 9.95. The molecule has 0 aromatic carbocycles. The van der Waals surface area contributed by atoms with Gasteiger partial charge in [0, 0.05) is 4.88 Å². The van der Waals surface area contributed by atoms with Crippen molar-refractivity contribution in [3.8, 4) is 0 Å². The van der Waals surface area contributed by atoms with Gasteiger partial charge in [-0.25, -0.2) is 0 Å². The zero-order chi connectivity index (χ0) is 10.1. The lowest BCUT2D eigenvalue weighted by Gasteiger charge is -2.14. The number of carbonyl (C=O) groups excluding carboxylic acids is 1. The minimum atomic E-state index is 0.0710. The van der Waals surface area contributed by atoms with Crippen LogP contribution >= 0.6 is 11.3 Å². The zero-order valence-electron chi connectivity index (χ0n) is 7.97. The number of nitrogens with one attached hydrogen (secondary N) is 1. The highest BCUT2D eigenvalue weighted by molar-refractivity contribution is 7.17. The number of rotatable bonds is 2. The van der Waals surface area contributed by atoms with Crippen molar-refractivity contribution in [3.05, 3.63) is 10.9 Å². The molecule has 1 heterocycles. The molecule has 1 aromatic heterocycles. The molecule has 13 heavy (non-hydrogen) atoms. The standard InChI is InChI=1S/C9H13N2OS/c1-9(2,3)7-4-6(10)8(13-7)11-5-12/h4H,10H2,1-3H3,(H,11,12). The van der Waals surface area contributed by atoms with Gasteiger partial charge in [-0.2, -0.15) is 0 Å². The smallest absolute Gasteiger partial charge is 0.314 e. The van der Waals surface area contributed by atoms with Gasteiger partial charge in [-0.3, -0.25) is 4.79 Å². The number of nitrogen functional groups attached to an aromatic ring is 1. The van der Waals surface area contributed by atoms with Crippen LogP contribution in [0.1, 0.15) is 25.6 Å². The normalized spacial score (nSPS) is 11.3. The number of nitrogens with two attached hydrogens (primary N) is 1. The van der Waals surface area contributed by atoms with Crippen molar-refractivity contribution < 1.29 is 4.79 Å². The van der Waals surface area contributed by atoms with Gasteiger partial charge in [0.1, 0.15) is 5.00 Å². The Hall–Kier alpha value is -1.03. The average molecular weight is 197 g/mol. The summed E-state index contributed by atoms with van der Waals surface area (Å²) in [5.41, 5.74) is 6.37. The highest BCUT2D eigenvalue weighted by atomic mass is 32.1. The average Bonchev–Trinajstić information content (AvgIpc) is 2.32. The van der Waals surface area contributed by atoms with E-state index in [0.717, 1.165) is 4.88 Å². The van der Waals surface area contributed by atoms with Crippen LogP contribution in [0.25, 0.3) is 0 Å². The molecule has 3 nitrogen and oxygen atoms in total. The summed E-state index contributed by atoms with van der Waals surface area (Å²) >= 11 is 1.49. The van der Waals surface area contributed by atoms with E-state index in [9.17, 15) is 4.79 Å². The van der Waals surface area contributed by atoms with Gasteiger partial charge in [-0.15, -0.1) is 11.3 Å². The van der Waals surface area contributed by atoms with Gasteiger partial charge in [0.25, 0.3) is 0 Å². The van der Waals surface area contributed by atoms with Crippen molar-refractivity contribution in [2.75, 3.05) is 11.1 Å². The Balaban J connectivity index is 3.01. The second-order valence-electron chi connectivity index (χ2n) is 3.87. The number of amides is 1. The molecule has 0 aliphatic heterocycles. The molecule has 4 heteroatoms. The maximum Gasteiger partial charge on any atom is 0.314 e. The van der Waals surface area contributed by atoms with E-state index in [1.54, 1.807) is 6.41 Å². The lowest BCUT2D eigenvalue weighted by molar-refractivity contribution is 0.561. The third-order valence-corrected chi connectivity index (χ3v) is 3.16. The molecule has 1 radical (unpaired) electrons. The van der Waals surface area contributed by atoms with E-state index in [1.807, 2.05) is 6.07 Å². The molecule has 0 spiro atoms.